The highest BCUT2D eigenvalue weighted by Crippen LogP contribution is 2.36. The number of aryl methyl sites for hydroxylation is 2. The molecule has 6 heteroatoms. The van der Waals surface area contributed by atoms with Gasteiger partial charge in [-0.3, -0.25) is 0 Å². The molecule has 0 atom stereocenters. The SMILES string of the molecule is Cc1ccc(C2=N/C(=C\c3cc(Br)c(OCc4cccc(C)c4)c(Br)c3)C(=O)O2)cc1. The van der Waals surface area contributed by atoms with Gasteiger partial charge in [0, 0.05) is 5.56 Å². The van der Waals surface area contributed by atoms with Gasteiger partial charge in [-0.1, -0.05) is 47.5 Å². The molecule has 0 bridgehead atoms. The molecule has 3 aromatic carbocycles. The molecule has 0 unspecified atom stereocenters. The van der Waals surface area contributed by atoms with Gasteiger partial charge in [0.05, 0.1) is 8.95 Å². The van der Waals surface area contributed by atoms with E-state index < -0.39 is 5.97 Å². The van der Waals surface area contributed by atoms with Crippen LogP contribution >= 0.6 is 31.9 Å². The van der Waals surface area contributed by atoms with Gasteiger partial charge in [-0.2, -0.15) is 0 Å². The average Bonchev–Trinajstić information content (AvgIpc) is 3.08. The third-order valence-corrected chi connectivity index (χ3v) is 5.89. The number of carbonyl (C=O) groups excluding carboxylic acids is 1. The van der Waals surface area contributed by atoms with Gasteiger partial charge in [0.2, 0.25) is 5.90 Å². The second-order valence-corrected chi connectivity index (χ2v) is 9.00. The standard InChI is InChI=1S/C25H19Br2NO3/c1-15-6-8-19(9-7-15)24-28-22(25(29)31-24)13-18-11-20(26)23(21(27)12-18)30-14-17-5-3-4-16(2)10-17/h3-13H,14H2,1-2H3/b22-13-. The summed E-state index contributed by atoms with van der Waals surface area (Å²) in [6, 6.07) is 19.6. The molecule has 0 fully saturated rings. The normalized spacial score (nSPS) is 14.5. The van der Waals surface area contributed by atoms with E-state index in [9.17, 15) is 4.79 Å². The molecule has 31 heavy (non-hydrogen) atoms. The highest BCUT2D eigenvalue weighted by molar-refractivity contribution is 9.11. The summed E-state index contributed by atoms with van der Waals surface area (Å²) in [7, 11) is 0. The van der Waals surface area contributed by atoms with Crippen LogP contribution in [-0.2, 0) is 16.1 Å². The molecule has 1 aliphatic heterocycles. The first-order valence-corrected chi connectivity index (χ1v) is 11.2. The summed E-state index contributed by atoms with van der Waals surface area (Å²) < 4.78 is 12.9. The minimum Gasteiger partial charge on any atom is -0.487 e. The lowest BCUT2D eigenvalue weighted by atomic mass is 10.1. The maximum atomic E-state index is 12.3. The first kappa shape index (κ1) is 21.5. The molecule has 156 valence electrons. The minimum absolute atomic E-state index is 0.253. The maximum absolute atomic E-state index is 12.3. The molecule has 3 aromatic rings. The fraction of sp³-hybridized carbons (Fsp3) is 0.120. The molecule has 0 spiro atoms. The van der Waals surface area contributed by atoms with E-state index in [0.29, 0.717) is 18.3 Å². The monoisotopic (exact) mass is 539 g/mol. The van der Waals surface area contributed by atoms with E-state index >= 15 is 0 Å². The largest absolute Gasteiger partial charge is 0.487 e. The van der Waals surface area contributed by atoms with Crippen molar-refractivity contribution in [2.75, 3.05) is 0 Å². The Morgan fingerprint density at radius 3 is 2.35 bits per heavy atom. The van der Waals surface area contributed by atoms with Crippen LogP contribution in [0.5, 0.6) is 5.75 Å². The van der Waals surface area contributed by atoms with Crippen molar-refractivity contribution in [3.05, 3.63) is 103 Å². The summed E-state index contributed by atoms with van der Waals surface area (Å²) >= 11 is 7.14. The number of carbonyl (C=O) groups is 1. The highest BCUT2D eigenvalue weighted by Gasteiger charge is 2.24. The van der Waals surface area contributed by atoms with Gasteiger partial charge >= 0.3 is 5.97 Å². The molecule has 0 radical (unpaired) electrons. The van der Waals surface area contributed by atoms with Crippen LogP contribution in [0.3, 0.4) is 0 Å². The Morgan fingerprint density at radius 1 is 0.968 bits per heavy atom. The number of hydrogen-bond donors (Lipinski definition) is 0. The van der Waals surface area contributed by atoms with Crippen molar-refractivity contribution in [3.63, 3.8) is 0 Å². The van der Waals surface area contributed by atoms with Gasteiger partial charge in [-0.15, -0.1) is 0 Å². The van der Waals surface area contributed by atoms with Crippen molar-refractivity contribution in [1.82, 2.24) is 0 Å². The Hall–Kier alpha value is -2.70. The van der Waals surface area contributed by atoms with Gasteiger partial charge < -0.3 is 9.47 Å². The molecule has 0 saturated carbocycles. The zero-order valence-electron chi connectivity index (χ0n) is 17.0. The van der Waals surface area contributed by atoms with Crippen molar-refractivity contribution in [2.24, 2.45) is 4.99 Å². The fourth-order valence-corrected chi connectivity index (χ4v) is 4.60. The van der Waals surface area contributed by atoms with Crippen molar-refractivity contribution in [1.29, 1.82) is 0 Å². The van der Waals surface area contributed by atoms with Crippen molar-refractivity contribution >= 4 is 49.8 Å². The first-order chi connectivity index (χ1) is 14.9. The third-order valence-electron chi connectivity index (χ3n) is 4.71. The van der Waals surface area contributed by atoms with Crippen LogP contribution in [-0.4, -0.2) is 11.9 Å². The number of benzene rings is 3. The third kappa shape index (κ3) is 5.14. The van der Waals surface area contributed by atoms with Gasteiger partial charge in [0.1, 0.15) is 12.4 Å². The number of nitrogens with zero attached hydrogens (tertiary/aromatic N) is 1. The van der Waals surface area contributed by atoms with Crippen LogP contribution in [0.25, 0.3) is 6.08 Å². The minimum atomic E-state index is -0.470. The van der Waals surface area contributed by atoms with E-state index in [1.165, 1.54) is 5.56 Å². The number of cyclic esters (lactones) is 1. The lowest BCUT2D eigenvalue weighted by molar-refractivity contribution is -0.129. The summed E-state index contributed by atoms with van der Waals surface area (Å²) in [5.74, 6) is 0.539. The van der Waals surface area contributed by atoms with Crippen LogP contribution in [0.4, 0.5) is 0 Å². The second-order valence-electron chi connectivity index (χ2n) is 7.29. The summed E-state index contributed by atoms with van der Waals surface area (Å²) in [5, 5.41) is 0. The summed E-state index contributed by atoms with van der Waals surface area (Å²) in [6.07, 6.45) is 1.70. The van der Waals surface area contributed by atoms with Crippen LogP contribution < -0.4 is 4.74 Å². The van der Waals surface area contributed by atoms with E-state index in [-0.39, 0.29) is 5.70 Å². The van der Waals surface area contributed by atoms with Crippen molar-refractivity contribution in [3.8, 4) is 5.75 Å². The van der Waals surface area contributed by atoms with Gasteiger partial charge in [-0.25, -0.2) is 9.79 Å². The van der Waals surface area contributed by atoms with E-state index in [4.69, 9.17) is 9.47 Å². The number of aliphatic imine (C=N–C) groups is 1. The number of rotatable bonds is 5. The molecule has 0 N–H and O–H groups in total. The van der Waals surface area contributed by atoms with E-state index in [0.717, 1.165) is 31.2 Å². The van der Waals surface area contributed by atoms with Crippen LogP contribution in [0.2, 0.25) is 0 Å². The van der Waals surface area contributed by atoms with Crippen molar-refractivity contribution in [2.45, 2.75) is 20.5 Å². The fourth-order valence-electron chi connectivity index (χ4n) is 3.14. The molecule has 1 heterocycles. The number of halogens is 2. The zero-order chi connectivity index (χ0) is 22.0. The molecule has 0 saturated heterocycles. The number of ether oxygens (including phenoxy) is 2. The van der Waals surface area contributed by atoms with Crippen LogP contribution in [0, 0.1) is 13.8 Å². The Labute approximate surface area is 197 Å². The lowest BCUT2D eigenvalue weighted by Gasteiger charge is -2.12. The van der Waals surface area contributed by atoms with Gasteiger partial charge in [0.25, 0.3) is 0 Å². The van der Waals surface area contributed by atoms with E-state index in [2.05, 4.69) is 55.9 Å². The smallest absolute Gasteiger partial charge is 0.363 e. The second kappa shape index (κ2) is 9.20. The maximum Gasteiger partial charge on any atom is 0.363 e. The quantitative estimate of drug-likeness (QED) is 0.265. The Morgan fingerprint density at radius 2 is 1.68 bits per heavy atom. The first-order valence-electron chi connectivity index (χ1n) is 9.66. The number of hydrogen-bond acceptors (Lipinski definition) is 4. The molecular formula is C25H19Br2NO3. The molecule has 0 aliphatic carbocycles. The van der Waals surface area contributed by atoms with Crippen LogP contribution in [0.1, 0.15) is 27.8 Å². The summed E-state index contributed by atoms with van der Waals surface area (Å²) in [5.41, 5.74) is 5.23. The van der Waals surface area contributed by atoms with Gasteiger partial charge in [0.15, 0.2) is 5.70 Å². The van der Waals surface area contributed by atoms with Gasteiger partial charge in [-0.05, 0) is 87.2 Å². The Bertz CT molecular complexity index is 1190. The molecule has 0 aromatic heterocycles. The predicted molar refractivity (Wildman–Crippen MR) is 129 cm³/mol. The van der Waals surface area contributed by atoms with E-state index in [1.807, 2.05) is 55.5 Å². The summed E-state index contributed by atoms with van der Waals surface area (Å²) in [6.45, 7) is 4.51. The van der Waals surface area contributed by atoms with E-state index in [1.54, 1.807) is 6.08 Å². The molecule has 1 aliphatic rings. The number of esters is 1. The van der Waals surface area contributed by atoms with Crippen molar-refractivity contribution < 1.29 is 14.3 Å². The zero-order valence-corrected chi connectivity index (χ0v) is 20.2. The summed E-state index contributed by atoms with van der Waals surface area (Å²) in [4.78, 5) is 16.7. The predicted octanol–water partition coefficient (Wildman–Crippen LogP) is 6.75. The topological polar surface area (TPSA) is 47.9 Å². The highest BCUT2D eigenvalue weighted by atomic mass is 79.9. The molecular weight excluding hydrogens is 522 g/mol. The van der Waals surface area contributed by atoms with Crippen LogP contribution in [0.15, 0.2) is 80.3 Å². The Balaban J connectivity index is 1.55. The molecule has 0 amide bonds. The Kier molecular flexibility index (Phi) is 6.39. The average molecular weight is 541 g/mol. The lowest BCUT2D eigenvalue weighted by Crippen LogP contribution is -2.05. The molecule has 4 nitrogen and oxygen atoms in total. The molecule has 4 rings (SSSR count).